The van der Waals surface area contributed by atoms with Crippen LogP contribution in [0.1, 0.15) is 10.4 Å². The van der Waals surface area contributed by atoms with Crippen LogP contribution in [0.5, 0.6) is 0 Å². The molecule has 0 aliphatic rings. The van der Waals surface area contributed by atoms with Crippen molar-refractivity contribution >= 4 is 11.8 Å². The third-order valence-corrected chi connectivity index (χ3v) is 2.67. The molecule has 0 radical (unpaired) electrons. The van der Waals surface area contributed by atoms with E-state index in [9.17, 15) is 14.7 Å². The average molecular weight is 253 g/mol. The molecule has 0 spiro atoms. The van der Waals surface area contributed by atoms with Gasteiger partial charge >= 0.3 is 5.97 Å². The predicted molar refractivity (Wildman–Crippen MR) is 63.1 cm³/mol. The van der Waals surface area contributed by atoms with E-state index in [-0.39, 0.29) is 5.56 Å². The topological polar surface area (TPSA) is 98.8 Å². The molecule has 0 aliphatic carbocycles. The monoisotopic (exact) mass is 253 g/mol. The molecule has 1 aromatic rings. The van der Waals surface area contributed by atoms with Gasteiger partial charge in [0.1, 0.15) is 0 Å². The van der Waals surface area contributed by atoms with Crippen molar-refractivity contribution in [1.82, 2.24) is 0 Å². The standard InChI is InChI=1S/C12H15NO5/c1-17-10(13)12(18-2,11(15)16)9(14)8-6-4-3-5-7-8/h3-7,10H,13H2,1-2H3,(H,15,16). The number of hydrogen-bond acceptors (Lipinski definition) is 5. The first kappa shape index (κ1) is 14.3. The summed E-state index contributed by atoms with van der Waals surface area (Å²) in [6.45, 7) is 0. The number of Topliss-reactive ketones (excluding diaryl/α,β-unsaturated/α-hetero) is 1. The van der Waals surface area contributed by atoms with E-state index in [2.05, 4.69) is 0 Å². The van der Waals surface area contributed by atoms with Gasteiger partial charge in [0, 0.05) is 19.8 Å². The third-order valence-electron chi connectivity index (χ3n) is 2.67. The number of ketones is 1. The van der Waals surface area contributed by atoms with E-state index >= 15 is 0 Å². The molecule has 2 unspecified atom stereocenters. The molecule has 6 nitrogen and oxygen atoms in total. The summed E-state index contributed by atoms with van der Waals surface area (Å²) in [6, 6.07) is 7.92. The highest BCUT2D eigenvalue weighted by Crippen LogP contribution is 2.22. The van der Waals surface area contributed by atoms with E-state index in [1.165, 1.54) is 19.2 Å². The molecule has 0 aliphatic heterocycles. The lowest BCUT2D eigenvalue weighted by molar-refractivity contribution is -0.169. The number of rotatable bonds is 6. The zero-order valence-corrected chi connectivity index (χ0v) is 10.1. The Morgan fingerprint density at radius 3 is 2.22 bits per heavy atom. The van der Waals surface area contributed by atoms with Crippen molar-refractivity contribution in [3.05, 3.63) is 35.9 Å². The van der Waals surface area contributed by atoms with Crippen molar-refractivity contribution in [1.29, 1.82) is 0 Å². The fraction of sp³-hybridized carbons (Fsp3) is 0.333. The summed E-state index contributed by atoms with van der Waals surface area (Å²) in [5.74, 6) is -2.25. The van der Waals surface area contributed by atoms with Crippen LogP contribution >= 0.6 is 0 Å². The second-order valence-electron chi connectivity index (χ2n) is 3.60. The van der Waals surface area contributed by atoms with Crippen LogP contribution in [0.4, 0.5) is 0 Å². The van der Waals surface area contributed by atoms with Gasteiger partial charge in [-0.1, -0.05) is 30.3 Å². The molecule has 1 aromatic carbocycles. The number of carbonyl (C=O) groups excluding carboxylic acids is 1. The number of carboxylic acid groups (broad SMARTS) is 1. The Morgan fingerprint density at radius 1 is 1.28 bits per heavy atom. The third kappa shape index (κ3) is 2.26. The van der Waals surface area contributed by atoms with E-state index in [1.54, 1.807) is 18.2 Å². The van der Waals surface area contributed by atoms with Gasteiger partial charge < -0.3 is 20.3 Å². The van der Waals surface area contributed by atoms with Crippen LogP contribution in [0.3, 0.4) is 0 Å². The number of hydrogen-bond donors (Lipinski definition) is 2. The van der Waals surface area contributed by atoms with Crippen molar-refractivity contribution in [3.63, 3.8) is 0 Å². The number of carbonyl (C=O) groups is 2. The molecule has 0 saturated carbocycles. The lowest BCUT2D eigenvalue weighted by Gasteiger charge is -2.30. The van der Waals surface area contributed by atoms with Crippen molar-refractivity contribution in [2.75, 3.05) is 14.2 Å². The summed E-state index contributed by atoms with van der Waals surface area (Å²) >= 11 is 0. The molecule has 1 rings (SSSR count). The number of nitrogens with two attached hydrogens (primary N) is 1. The number of ether oxygens (including phenoxy) is 2. The number of benzene rings is 1. The first-order valence-electron chi connectivity index (χ1n) is 5.17. The van der Waals surface area contributed by atoms with Crippen LogP contribution in [-0.4, -0.2) is 42.9 Å². The summed E-state index contributed by atoms with van der Waals surface area (Å²) in [7, 11) is 2.31. The lowest BCUT2D eigenvalue weighted by Crippen LogP contribution is -2.61. The number of aliphatic carboxylic acids is 1. The first-order chi connectivity index (χ1) is 8.50. The van der Waals surface area contributed by atoms with E-state index < -0.39 is 23.6 Å². The maximum absolute atomic E-state index is 12.3. The molecule has 0 amide bonds. The van der Waals surface area contributed by atoms with E-state index in [0.29, 0.717) is 0 Å². The molecule has 3 N–H and O–H groups in total. The van der Waals surface area contributed by atoms with Gasteiger partial charge in [-0.25, -0.2) is 4.79 Å². The van der Waals surface area contributed by atoms with Crippen molar-refractivity contribution in [2.45, 2.75) is 11.8 Å². The minimum Gasteiger partial charge on any atom is -0.479 e. The normalized spacial score (nSPS) is 15.7. The van der Waals surface area contributed by atoms with Crippen molar-refractivity contribution in [3.8, 4) is 0 Å². The smallest absolute Gasteiger partial charge is 0.348 e. The predicted octanol–water partition coefficient (Wildman–Crippen LogP) is 0.270. The summed E-state index contributed by atoms with van der Waals surface area (Å²) in [6.07, 6.45) is -1.41. The van der Waals surface area contributed by atoms with E-state index in [0.717, 1.165) is 7.11 Å². The molecular weight excluding hydrogens is 238 g/mol. The molecule has 0 fully saturated rings. The van der Waals surface area contributed by atoms with Gasteiger partial charge in [-0.15, -0.1) is 0 Å². The zero-order valence-electron chi connectivity index (χ0n) is 10.1. The van der Waals surface area contributed by atoms with E-state index in [4.69, 9.17) is 15.2 Å². The molecule has 0 heterocycles. The highest BCUT2D eigenvalue weighted by Gasteiger charge is 2.53. The molecule has 18 heavy (non-hydrogen) atoms. The highest BCUT2D eigenvalue weighted by molar-refractivity contribution is 6.15. The molecule has 2 atom stereocenters. The fourth-order valence-corrected chi connectivity index (χ4v) is 1.61. The second kappa shape index (κ2) is 5.72. The maximum atomic E-state index is 12.3. The average Bonchev–Trinajstić information content (AvgIpc) is 2.40. The summed E-state index contributed by atoms with van der Waals surface area (Å²) < 4.78 is 9.63. The van der Waals surface area contributed by atoms with Crippen LogP contribution in [0, 0.1) is 0 Å². The van der Waals surface area contributed by atoms with Crippen LogP contribution in [0.15, 0.2) is 30.3 Å². The Balaban J connectivity index is 3.27. The SMILES string of the molecule is COC(N)C(OC)(C(=O)O)C(=O)c1ccccc1. The van der Waals surface area contributed by atoms with Crippen molar-refractivity contribution in [2.24, 2.45) is 5.73 Å². The molecule has 98 valence electrons. The molecule has 6 heteroatoms. The van der Waals surface area contributed by atoms with Gasteiger partial charge in [-0.2, -0.15) is 0 Å². The molecule has 0 bridgehead atoms. The Morgan fingerprint density at radius 2 is 1.83 bits per heavy atom. The van der Waals surface area contributed by atoms with Gasteiger partial charge in [-0.3, -0.25) is 4.79 Å². The highest BCUT2D eigenvalue weighted by atomic mass is 16.6. The Bertz CT molecular complexity index is 433. The minimum atomic E-state index is -2.25. The Kier molecular flexibility index (Phi) is 4.55. The summed E-state index contributed by atoms with van der Waals surface area (Å²) in [5, 5.41) is 9.25. The van der Waals surface area contributed by atoms with Crippen LogP contribution in [0.2, 0.25) is 0 Å². The van der Waals surface area contributed by atoms with Gasteiger partial charge in [-0.05, 0) is 0 Å². The maximum Gasteiger partial charge on any atom is 0.348 e. The fourth-order valence-electron chi connectivity index (χ4n) is 1.61. The van der Waals surface area contributed by atoms with Crippen LogP contribution < -0.4 is 5.73 Å². The minimum absolute atomic E-state index is 0.189. The van der Waals surface area contributed by atoms with Crippen molar-refractivity contribution < 1.29 is 24.2 Å². The molecular formula is C12H15NO5. The van der Waals surface area contributed by atoms with Gasteiger partial charge in [0.15, 0.2) is 6.23 Å². The zero-order chi connectivity index (χ0) is 13.8. The first-order valence-corrected chi connectivity index (χ1v) is 5.17. The van der Waals surface area contributed by atoms with Crippen LogP contribution in [-0.2, 0) is 14.3 Å². The van der Waals surface area contributed by atoms with Crippen LogP contribution in [0.25, 0.3) is 0 Å². The number of carboxylic acids is 1. The summed E-state index contributed by atoms with van der Waals surface area (Å²) in [5.41, 5.74) is 3.49. The molecule has 0 aromatic heterocycles. The Labute approximate surface area is 104 Å². The Hall–Kier alpha value is -1.76. The van der Waals surface area contributed by atoms with Gasteiger partial charge in [0.05, 0.1) is 0 Å². The second-order valence-corrected chi connectivity index (χ2v) is 3.60. The van der Waals surface area contributed by atoms with Gasteiger partial charge in [0.2, 0.25) is 5.78 Å². The quantitative estimate of drug-likeness (QED) is 0.429. The molecule has 0 saturated heterocycles. The van der Waals surface area contributed by atoms with Gasteiger partial charge in [0.25, 0.3) is 5.60 Å². The number of methoxy groups -OCH3 is 2. The summed E-state index contributed by atoms with van der Waals surface area (Å²) in [4.78, 5) is 23.6. The van der Waals surface area contributed by atoms with E-state index in [1.807, 2.05) is 0 Å². The lowest BCUT2D eigenvalue weighted by atomic mass is 9.91. The largest absolute Gasteiger partial charge is 0.479 e.